The van der Waals surface area contributed by atoms with Crippen LogP contribution in [0.15, 0.2) is 10.7 Å². The third kappa shape index (κ3) is 6.06. The molecule has 0 bridgehead atoms. The first-order valence-corrected chi connectivity index (χ1v) is 6.36. The first kappa shape index (κ1) is 12.9. The molecule has 0 radical (unpaired) electrons. The Balaban J connectivity index is 2.01. The number of hydrogen-bond acceptors (Lipinski definition) is 7. The molecule has 0 saturated carbocycles. The largest absolute Gasteiger partial charge is 0.391 e. The van der Waals surface area contributed by atoms with Crippen LogP contribution < -0.4 is 5.32 Å². The Morgan fingerprint density at radius 3 is 3.27 bits per heavy atom. The Bertz CT molecular complexity index is 246. The van der Waals surface area contributed by atoms with E-state index >= 15 is 0 Å². The van der Waals surface area contributed by atoms with Crippen molar-refractivity contribution in [2.24, 2.45) is 0 Å². The summed E-state index contributed by atoms with van der Waals surface area (Å²) in [5, 5.41) is 12.7. The quantitative estimate of drug-likeness (QED) is 0.508. The van der Waals surface area contributed by atoms with Crippen LogP contribution in [0.1, 0.15) is 0 Å². The molecule has 2 N–H and O–H groups in total. The van der Waals surface area contributed by atoms with Crippen LogP contribution in [0, 0.1) is 0 Å². The predicted molar refractivity (Wildman–Crippen MR) is 61.4 cm³/mol. The summed E-state index contributed by atoms with van der Waals surface area (Å²) in [6.07, 6.45) is 1.16. The minimum atomic E-state index is -0.365. The molecule has 0 amide bonds. The number of nitrogens with zero attached hydrogens (tertiary/aromatic N) is 2. The van der Waals surface area contributed by atoms with E-state index < -0.39 is 0 Å². The van der Waals surface area contributed by atoms with Gasteiger partial charge >= 0.3 is 0 Å². The van der Waals surface area contributed by atoms with E-state index in [2.05, 4.69) is 14.7 Å². The summed E-state index contributed by atoms with van der Waals surface area (Å²) in [5.41, 5.74) is 0. The lowest BCUT2D eigenvalue weighted by Gasteiger charge is -2.09. The van der Waals surface area contributed by atoms with Crippen molar-refractivity contribution in [3.8, 4) is 0 Å². The van der Waals surface area contributed by atoms with E-state index in [1.807, 2.05) is 0 Å². The van der Waals surface area contributed by atoms with Crippen molar-refractivity contribution in [2.75, 3.05) is 32.6 Å². The fourth-order valence-corrected chi connectivity index (χ4v) is 2.29. The third-order valence-corrected chi connectivity index (χ3v) is 3.55. The molecule has 1 heterocycles. The van der Waals surface area contributed by atoms with Gasteiger partial charge in [0.25, 0.3) is 0 Å². The molecule has 1 unspecified atom stereocenters. The molecule has 15 heavy (non-hydrogen) atoms. The van der Waals surface area contributed by atoms with Gasteiger partial charge in [0.15, 0.2) is 4.34 Å². The summed E-state index contributed by atoms with van der Waals surface area (Å²) in [4.78, 5) is 4.02. The summed E-state index contributed by atoms with van der Waals surface area (Å²) in [6.45, 7) is 2.00. The van der Waals surface area contributed by atoms with E-state index in [-0.39, 0.29) is 6.10 Å². The Hall–Kier alpha value is -0.210. The molecular weight excluding hydrogens is 234 g/mol. The maximum atomic E-state index is 9.58. The second kappa shape index (κ2) is 8.00. The summed E-state index contributed by atoms with van der Waals surface area (Å²) < 4.78 is 9.65. The molecule has 1 rings (SSSR count). The smallest absolute Gasteiger partial charge is 0.169 e. The Morgan fingerprint density at radius 2 is 2.60 bits per heavy atom. The minimum absolute atomic E-state index is 0.365. The van der Waals surface area contributed by atoms with Crippen LogP contribution in [-0.2, 0) is 4.74 Å². The van der Waals surface area contributed by atoms with Gasteiger partial charge in [-0.1, -0.05) is 11.8 Å². The van der Waals surface area contributed by atoms with Crippen LogP contribution in [0.5, 0.6) is 0 Å². The molecular formula is C8H15N3O2S2. The van der Waals surface area contributed by atoms with E-state index in [0.717, 1.165) is 10.9 Å². The van der Waals surface area contributed by atoms with Crippen molar-refractivity contribution in [1.29, 1.82) is 0 Å². The average Bonchev–Trinajstić information content (AvgIpc) is 2.74. The summed E-state index contributed by atoms with van der Waals surface area (Å²) in [5.74, 6) is 0.634. The predicted octanol–water partition coefficient (Wildman–Crippen LogP) is 0.227. The number of aliphatic hydroxyl groups excluding tert-OH is 1. The monoisotopic (exact) mass is 249 g/mol. The van der Waals surface area contributed by atoms with Crippen LogP contribution in [-0.4, -0.2) is 53.1 Å². The van der Waals surface area contributed by atoms with Crippen molar-refractivity contribution < 1.29 is 9.84 Å². The lowest BCUT2D eigenvalue weighted by atomic mass is 10.4. The fraction of sp³-hybridized carbons (Fsp3) is 0.750. The van der Waals surface area contributed by atoms with Gasteiger partial charge in [-0.25, -0.2) is 4.98 Å². The highest BCUT2D eigenvalue weighted by Crippen LogP contribution is 2.18. The molecule has 1 aromatic rings. The molecule has 1 aromatic heterocycles. The van der Waals surface area contributed by atoms with Crippen molar-refractivity contribution in [3.63, 3.8) is 0 Å². The number of ether oxygens (including phenoxy) is 1. The molecule has 0 aromatic carbocycles. The van der Waals surface area contributed by atoms with Gasteiger partial charge in [0.1, 0.15) is 6.33 Å². The molecule has 1 atom stereocenters. The van der Waals surface area contributed by atoms with Crippen molar-refractivity contribution in [1.82, 2.24) is 14.7 Å². The van der Waals surface area contributed by atoms with Crippen LogP contribution in [0.4, 0.5) is 0 Å². The number of methoxy groups -OCH3 is 1. The molecule has 5 nitrogen and oxygen atoms in total. The van der Waals surface area contributed by atoms with Gasteiger partial charge < -0.3 is 15.2 Å². The van der Waals surface area contributed by atoms with Gasteiger partial charge in [-0.3, -0.25) is 0 Å². The SMILES string of the molecule is COCCNCC(O)CSc1ncns1. The van der Waals surface area contributed by atoms with Gasteiger partial charge in [0.2, 0.25) is 0 Å². The maximum Gasteiger partial charge on any atom is 0.169 e. The normalized spacial score (nSPS) is 12.9. The average molecular weight is 249 g/mol. The topological polar surface area (TPSA) is 67.3 Å². The molecule has 0 aliphatic rings. The Labute approximate surface area is 97.4 Å². The zero-order valence-electron chi connectivity index (χ0n) is 8.55. The zero-order valence-corrected chi connectivity index (χ0v) is 10.2. The maximum absolute atomic E-state index is 9.58. The molecule has 0 aliphatic heterocycles. The van der Waals surface area contributed by atoms with Gasteiger partial charge in [-0.2, -0.15) is 4.37 Å². The highest BCUT2D eigenvalue weighted by atomic mass is 32.2. The number of thioether (sulfide) groups is 1. The minimum Gasteiger partial charge on any atom is -0.391 e. The number of aliphatic hydroxyl groups is 1. The second-order valence-corrected chi connectivity index (χ2v) is 4.92. The number of aromatic nitrogens is 2. The molecule has 0 spiro atoms. The molecule has 86 valence electrons. The standard InChI is InChI=1S/C8H15N3O2S2/c1-13-3-2-9-4-7(12)5-14-8-10-6-11-15-8/h6-7,9,12H,2-5H2,1H3. The molecule has 0 aliphatic carbocycles. The van der Waals surface area contributed by atoms with Crippen molar-refractivity contribution >= 4 is 23.3 Å². The number of rotatable bonds is 8. The summed E-state index contributed by atoms with van der Waals surface area (Å²) in [7, 11) is 1.66. The first-order chi connectivity index (χ1) is 7.33. The lowest BCUT2D eigenvalue weighted by molar-refractivity contribution is 0.175. The highest BCUT2D eigenvalue weighted by molar-refractivity contribution is 8.00. The zero-order chi connectivity index (χ0) is 10.9. The van der Waals surface area contributed by atoms with Gasteiger partial charge in [-0.05, 0) is 11.5 Å². The van der Waals surface area contributed by atoms with E-state index in [0.29, 0.717) is 18.9 Å². The molecule has 7 heteroatoms. The van der Waals surface area contributed by atoms with Gasteiger partial charge in [0.05, 0.1) is 12.7 Å². The Morgan fingerprint density at radius 1 is 1.73 bits per heavy atom. The van der Waals surface area contributed by atoms with Gasteiger partial charge in [-0.15, -0.1) is 0 Å². The van der Waals surface area contributed by atoms with Crippen molar-refractivity contribution in [3.05, 3.63) is 6.33 Å². The van der Waals surface area contributed by atoms with Crippen LogP contribution in [0.2, 0.25) is 0 Å². The van der Waals surface area contributed by atoms with E-state index in [9.17, 15) is 5.11 Å². The van der Waals surface area contributed by atoms with Crippen LogP contribution in [0.3, 0.4) is 0 Å². The number of hydrogen-bond donors (Lipinski definition) is 2. The first-order valence-electron chi connectivity index (χ1n) is 4.60. The fourth-order valence-electron chi connectivity index (χ4n) is 0.896. The van der Waals surface area contributed by atoms with E-state index in [1.165, 1.54) is 29.6 Å². The highest BCUT2D eigenvalue weighted by Gasteiger charge is 2.05. The van der Waals surface area contributed by atoms with Crippen molar-refractivity contribution in [2.45, 2.75) is 10.4 Å². The van der Waals surface area contributed by atoms with E-state index in [1.54, 1.807) is 7.11 Å². The van der Waals surface area contributed by atoms with E-state index in [4.69, 9.17) is 4.74 Å². The molecule has 0 saturated heterocycles. The second-order valence-electron chi connectivity index (χ2n) is 2.87. The summed E-state index contributed by atoms with van der Waals surface area (Å²) in [6, 6.07) is 0. The summed E-state index contributed by atoms with van der Waals surface area (Å²) >= 11 is 2.87. The third-order valence-electron chi connectivity index (χ3n) is 1.60. The van der Waals surface area contributed by atoms with Crippen LogP contribution in [0.25, 0.3) is 0 Å². The Kier molecular flexibility index (Phi) is 6.86. The lowest BCUT2D eigenvalue weighted by Crippen LogP contribution is -2.30. The van der Waals surface area contributed by atoms with Crippen LogP contribution >= 0.6 is 23.3 Å². The van der Waals surface area contributed by atoms with Gasteiger partial charge in [0, 0.05) is 26.0 Å². The number of nitrogens with one attached hydrogen (secondary N) is 1. The molecule has 0 fully saturated rings.